The highest BCUT2D eigenvalue weighted by Gasteiger charge is 2.23. The first-order valence-electron chi connectivity index (χ1n) is 7.06. The molecule has 0 spiro atoms. The summed E-state index contributed by atoms with van der Waals surface area (Å²) in [6.45, 7) is 7.43. The van der Waals surface area contributed by atoms with Crippen molar-refractivity contribution >= 4 is 0 Å². The monoisotopic (exact) mass is 246 g/mol. The molecule has 0 saturated carbocycles. The number of benzene rings is 1. The number of nitrogens with one attached hydrogen (secondary N) is 1. The van der Waals surface area contributed by atoms with Gasteiger partial charge in [0.15, 0.2) is 0 Å². The predicted molar refractivity (Wildman–Crippen MR) is 72.7 cm³/mol. The summed E-state index contributed by atoms with van der Waals surface area (Å²) in [5.41, 5.74) is 2.81. The van der Waals surface area contributed by atoms with Gasteiger partial charge in [-0.15, -0.1) is 0 Å². The van der Waals surface area contributed by atoms with Gasteiger partial charge in [-0.3, -0.25) is 4.90 Å². The fourth-order valence-corrected chi connectivity index (χ4v) is 3.05. The predicted octanol–water partition coefficient (Wildman–Crippen LogP) is 2.15. The standard InChI is InChI=1S/C15H22N2O/c1-2-17-7-3-4-14(17)11-18-15-6-5-12-9-16-10-13(12)8-15/h5-6,8,14,16H,2-4,7,9-11H2,1H3. The normalized spacial score (nSPS) is 23.3. The van der Waals surface area contributed by atoms with E-state index in [0.29, 0.717) is 6.04 Å². The first-order chi connectivity index (χ1) is 8.86. The molecule has 1 N–H and O–H groups in total. The molecule has 1 fully saturated rings. The van der Waals surface area contributed by atoms with Gasteiger partial charge in [0, 0.05) is 19.1 Å². The van der Waals surface area contributed by atoms with E-state index in [0.717, 1.165) is 32.0 Å². The number of likely N-dealkylation sites (N-methyl/N-ethyl adjacent to an activating group) is 1. The number of likely N-dealkylation sites (tertiary alicyclic amines) is 1. The lowest BCUT2D eigenvalue weighted by atomic mass is 10.1. The molecule has 3 nitrogen and oxygen atoms in total. The van der Waals surface area contributed by atoms with Crippen LogP contribution in [0, 0.1) is 0 Å². The Balaban J connectivity index is 1.60. The van der Waals surface area contributed by atoms with E-state index in [1.165, 1.54) is 30.5 Å². The summed E-state index contributed by atoms with van der Waals surface area (Å²) in [6.07, 6.45) is 2.59. The van der Waals surface area contributed by atoms with E-state index in [2.05, 4.69) is 35.3 Å². The fraction of sp³-hybridized carbons (Fsp3) is 0.600. The van der Waals surface area contributed by atoms with Gasteiger partial charge in [-0.1, -0.05) is 13.0 Å². The molecule has 0 aromatic heterocycles. The maximum atomic E-state index is 5.98. The highest BCUT2D eigenvalue weighted by molar-refractivity contribution is 5.37. The highest BCUT2D eigenvalue weighted by atomic mass is 16.5. The molecule has 0 radical (unpaired) electrons. The van der Waals surface area contributed by atoms with Gasteiger partial charge in [0.1, 0.15) is 12.4 Å². The summed E-state index contributed by atoms with van der Waals surface area (Å²) < 4.78 is 5.98. The van der Waals surface area contributed by atoms with Gasteiger partial charge >= 0.3 is 0 Å². The van der Waals surface area contributed by atoms with Gasteiger partial charge in [-0.2, -0.15) is 0 Å². The maximum absolute atomic E-state index is 5.98. The number of rotatable bonds is 4. The molecule has 18 heavy (non-hydrogen) atoms. The molecule has 0 bridgehead atoms. The summed E-state index contributed by atoms with van der Waals surface area (Å²) in [4.78, 5) is 2.52. The molecule has 1 aromatic carbocycles. The molecular weight excluding hydrogens is 224 g/mol. The molecule has 2 aliphatic heterocycles. The zero-order valence-corrected chi connectivity index (χ0v) is 11.1. The molecule has 1 aromatic rings. The Bertz CT molecular complexity index is 419. The first-order valence-corrected chi connectivity index (χ1v) is 7.06. The average Bonchev–Trinajstić information content (AvgIpc) is 3.04. The zero-order valence-electron chi connectivity index (χ0n) is 11.1. The molecule has 3 rings (SSSR count). The number of hydrogen-bond donors (Lipinski definition) is 1. The van der Waals surface area contributed by atoms with Gasteiger partial charge in [0.05, 0.1) is 0 Å². The maximum Gasteiger partial charge on any atom is 0.119 e. The molecule has 2 heterocycles. The lowest BCUT2D eigenvalue weighted by Crippen LogP contribution is -2.33. The van der Waals surface area contributed by atoms with Crippen LogP contribution in [-0.4, -0.2) is 30.6 Å². The van der Waals surface area contributed by atoms with Crippen molar-refractivity contribution in [3.63, 3.8) is 0 Å². The van der Waals surface area contributed by atoms with Gasteiger partial charge in [-0.25, -0.2) is 0 Å². The molecule has 1 atom stereocenters. The Morgan fingerprint density at radius 3 is 3.11 bits per heavy atom. The SMILES string of the molecule is CCN1CCCC1COc1ccc2c(c1)CNC2. The quantitative estimate of drug-likeness (QED) is 0.881. The van der Waals surface area contributed by atoms with Gasteiger partial charge in [-0.05, 0) is 49.2 Å². The third-order valence-corrected chi connectivity index (χ3v) is 4.16. The number of fused-ring (bicyclic) bond motifs is 1. The second-order valence-electron chi connectivity index (χ2n) is 5.27. The van der Waals surface area contributed by atoms with Crippen LogP contribution in [0.5, 0.6) is 5.75 Å². The minimum atomic E-state index is 0.612. The van der Waals surface area contributed by atoms with Crippen molar-refractivity contribution in [2.75, 3.05) is 19.7 Å². The minimum absolute atomic E-state index is 0.612. The van der Waals surface area contributed by atoms with Crippen molar-refractivity contribution in [3.8, 4) is 5.75 Å². The topological polar surface area (TPSA) is 24.5 Å². The Labute approximate surface area is 109 Å². The van der Waals surface area contributed by atoms with Crippen LogP contribution in [0.2, 0.25) is 0 Å². The summed E-state index contributed by atoms with van der Waals surface area (Å²) in [6, 6.07) is 7.11. The van der Waals surface area contributed by atoms with Crippen molar-refractivity contribution < 1.29 is 4.74 Å². The lowest BCUT2D eigenvalue weighted by Gasteiger charge is -2.22. The molecular formula is C15H22N2O. The van der Waals surface area contributed by atoms with E-state index in [4.69, 9.17) is 4.74 Å². The van der Waals surface area contributed by atoms with Gasteiger partial charge in [0.2, 0.25) is 0 Å². The van der Waals surface area contributed by atoms with Crippen molar-refractivity contribution in [2.45, 2.75) is 38.9 Å². The second-order valence-corrected chi connectivity index (χ2v) is 5.27. The van der Waals surface area contributed by atoms with Crippen LogP contribution >= 0.6 is 0 Å². The van der Waals surface area contributed by atoms with Crippen LogP contribution in [0.25, 0.3) is 0 Å². The summed E-state index contributed by atoms with van der Waals surface area (Å²) in [5, 5.41) is 3.36. The third kappa shape index (κ3) is 2.38. The van der Waals surface area contributed by atoms with Crippen LogP contribution in [-0.2, 0) is 13.1 Å². The highest BCUT2D eigenvalue weighted by Crippen LogP contribution is 2.23. The van der Waals surface area contributed by atoms with E-state index in [1.54, 1.807) is 0 Å². The Hall–Kier alpha value is -1.06. The van der Waals surface area contributed by atoms with E-state index in [1.807, 2.05) is 0 Å². The minimum Gasteiger partial charge on any atom is -0.492 e. The summed E-state index contributed by atoms with van der Waals surface area (Å²) >= 11 is 0. The van der Waals surface area contributed by atoms with Crippen molar-refractivity contribution in [1.29, 1.82) is 0 Å². The van der Waals surface area contributed by atoms with Gasteiger partial charge < -0.3 is 10.1 Å². The molecule has 98 valence electrons. The van der Waals surface area contributed by atoms with Crippen LogP contribution in [0.1, 0.15) is 30.9 Å². The number of ether oxygens (including phenoxy) is 1. The zero-order chi connectivity index (χ0) is 12.4. The van der Waals surface area contributed by atoms with Crippen LogP contribution in [0.15, 0.2) is 18.2 Å². The van der Waals surface area contributed by atoms with Crippen LogP contribution in [0.4, 0.5) is 0 Å². The largest absolute Gasteiger partial charge is 0.492 e. The molecule has 1 unspecified atom stereocenters. The average molecular weight is 246 g/mol. The van der Waals surface area contributed by atoms with Crippen LogP contribution in [0.3, 0.4) is 0 Å². The summed E-state index contributed by atoms with van der Waals surface area (Å²) in [5.74, 6) is 1.03. The third-order valence-electron chi connectivity index (χ3n) is 4.16. The molecule has 1 saturated heterocycles. The molecule has 0 aliphatic carbocycles. The van der Waals surface area contributed by atoms with E-state index < -0.39 is 0 Å². The summed E-state index contributed by atoms with van der Waals surface area (Å²) in [7, 11) is 0. The van der Waals surface area contributed by atoms with E-state index >= 15 is 0 Å². The Kier molecular flexibility index (Phi) is 3.52. The lowest BCUT2D eigenvalue weighted by molar-refractivity contribution is 0.179. The van der Waals surface area contributed by atoms with E-state index in [-0.39, 0.29) is 0 Å². The van der Waals surface area contributed by atoms with E-state index in [9.17, 15) is 0 Å². The molecule has 0 amide bonds. The van der Waals surface area contributed by atoms with Gasteiger partial charge in [0.25, 0.3) is 0 Å². The second kappa shape index (κ2) is 5.29. The first kappa shape index (κ1) is 12.0. The number of hydrogen-bond acceptors (Lipinski definition) is 3. The number of nitrogens with zero attached hydrogens (tertiary/aromatic N) is 1. The van der Waals surface area contributed by atoms with Crippen molar-refractivity contribution in [2.24, 2.45) is 0 Å². The molecule has 3 heteroatoms. The Morgan fingerprint density at radius 2 is 2.22 bits per heavy atom. The Morgan fingerprint density at radius 1 is 1.33 bits per heavy atom. The van der Waals surface area contributed by atoms with Crippen molar-refractivity contribution in [1.82, 2.24) is 10.2 Å². The molecule has 2 aliphatic rings. The van der Waals surface area contributed by atoms with Crippen LogP contribution < -0.4 is 10.1 Å². The smallest absolute Gasteiger partial charge is 0.119 e. The van der Waals surface area contributed by atoms with Crippen molar-refractivity contribution in [3.05, 3.63) is 29.3 Å². The fourth-order valence-electron chi connectivity index (χ4n) is 3.05.